The van der Waals surface area contributed by atoms with Gasteiger partial charge in [0.15, 0.2) is 0 Å². The summed E-state index contributed by atoms with van der Waals surface area (Å²) < 4.78 is 13.5. The Morgan fingerprint density at radius 2 is 1.89 bits per heavy atom. The van der Waals surface area contributed by atoms with Crippen LogP contribution in [0, 0.1) is 5.82 Å². The Balaban J connectivity index is 2.02. The molecular formula is C12H8BrFN2O2S. The number of nitrogens with one attached hydrogen (secondary N) is 2. The number of hydrogen-bond donors (Lipinski definition) is 2. The van der Waals surface area contributed by atoms with E-state index in [0.717, 1.165) is 6.07 Å². The molecule has 7 heteroatoms. The van der Waals surface area contributed by atoms with Crippen molar-refractivity contribution in [3.05, 3.63) is 56.4 Å². The second-order valence-corrected chi connectivity index (χ2v) is 5.31. The molecular weight excluding hydrogens is 335 g/mol. The molecule has 1 aromatic heterocycles. The predicted molar refractivity (Wildman–Crippen MR) is 73.4 cm³/mol. The minimum absolute atomic E-state index is 0.103. The summed E-state index contributed by atoms with van der Waals surface area (Å²) in [6.07, 6.45) is 0. The first-order valence-electron chi connectivity index (χ1n) is 5.17. The van der Waals surface area contributed by atoms with E-state index in [0.29, 0.717) is 9.35 Å². The van der Waals surface area contributed by atoms with Gasteiger partial charge < -0.3 is 0 Å². The molecule has 0 saturated heterocycles. The fourth-order valence-corrected chi connectivity index (χ4v) is 2.37. The Morgan fingerprint density at radius 1 is 1.16 bits per heavy atom. The summed E-state index contributed by atoms with van der Waals surface area (Å²) in [4.78, 5) is 23.8. The number of rotatable bonds is 2. The second kappa shape index (κ2) is 5.94. The van der Waals surface area contributed by atoms with Crippen LogP contribution >= 0.6 is 27.3 Å². The van der Waals surface area contributed by atoms with E-state index in [1.54, 1.807) is 17.5 Å². The van der Waals surface area contributed by atoms with E-state index >= 15 is 0 Å². The van der Waals surface area contributed by atoms with Crippen molar-refractivity contribution in [2.24, 2.45) is 0 Å². The van der Waals surface area contributed by atoms with Crippen molar-refractivity contribution in [1.82, 2.24) is 10.9 Å². The van der Waals surface area contributed by atoms with Crippen molar-refractivity contribution in [1.29, 1.82) is 0 Å². The molecule has 2 N–H and O–H groups in total. The molecule has 0 saturated carbocycles. The van der Waals surface area contributed by atoms with E-state index in [2.05, 4.69) is 26.8 Å². The van der Waals surface area contributed by atoms with Gasteiger partial charge in [-0.25, -0.2) is 4.39 Å². The van der Waals surface area contributed by atoms with Crippen LogP contribution < -0.4 is 10.9 Å². The van der Waals surface area contributed by atoms with Gasteiger partial charge in [-0.3, -0.25) is 20.4 Å². The molecule has 2 rings (SSSR count). The number of hydrazine groups is 1. The molecule has 0 fully saturated rings. The third kappa shape index (κ3) is 3.39. The minimum atomic E-state index is -0.601. The Hall–Kier alpha value is -1.73. The maximum absolute atomic E-state index is 13.0. The highest BCUT2D eigenvalue weighted by Gasteiger charge is 2.13. The van der Waals surface area contributed by atoms with Crippen molar-refractivity contribution in [3.8, 4) is 0 Å². The van der Waals surface area contributed by atoms with Crippen LogP contribution in [-0.2, 0) is 0 Å². The average Bonchev–Trinajstić information content (AvgIpc) is 2.92. The van der Waals surface area contributed by atoms with Gasteiger partial charge in [0, 0.05) is 4.47 Å². The normalized spacial score (nSPS) is 10.0. The molecule has 0 aliphatic heterocycles. The van der Waals surface area contributed by atoms with Crippen molar-refractivity contribution < 1.29 is 14.0 Å². The average molecular weight is 343 g/mol. The second-order valence-electron chi connectivity index (χ2n) is 3.51. The van der Waals surface area contributed by atoms with Crippen molar-refractivity contribution >= 4 is 39.1 Å². The fourth-order valence-electron chi connectivity index (χ4n) is 1.32. The van der Waals surface area contributed by atoms with Crippen molar-refractivity contribution in [2.75, 3.05) is 0 Å². The Bertz CT molecular complexity index is 616. The van der Waals surface area contributed by atoms with Gasteiger partial charge in [-0.15, -0.1) is 11.3 Å². The molecule has 0 bridgehead atoms. The zero-order chi connectivity index (χ0) is 13.8. The van der Waals surface area contributed by atoms with Crippen molar-refractivity contribution in [3.63, 3.8) is 0 Å². The highest BCUT2D eigenvalue weighted by Crippen LogP contribution is 2.17. The summed E-state index contributed by atoms with van der Waals surface area (Å²) in [5, 5.41) is 1.75. The third-order valence-corrected chi connectivity index (χ3v) is 3.77. The smallest absolute Gasteiger partial charge is 0.267 e. The lowest BCUT2D eigenvalue weighted by molar-refractivity contribution is 0.0848. The molecule has 0 radical (unpaired) electrons. The standard InChI is InChI=1S/C12H8BrFN2O2S/c13-9-4-3-7(14)6-8(9)11(17)15-16-12(18)10-2-1-5-19-10/h1-6H,(H,15,17)(H,16,18). The van der Waals surface area contributed by atoms with Crippen LogP contribution in [0.1, 0.15) is 20.0 Å². The summed E-state index contributed by atoms with van der Waals surface area (Å²) >= 11 is 4.39. The maximum atomic E-state index is 13.0. The first-order chi connectivity index (χ1) is 9.08. The highest BCUT2D eigenvalue weighted by atomic mass is 79.9. The number of thiophene rings is 1. The van der Waals surface area contributed by atoms with E-state index < -0.39 is 17.6 Å². The van der Waals surface area contributed by atoms with E-state index in [9.17, 15) is 14.0 Å². The quantitative estimate of drug-likeness (QED) is 0.824. The Morgan fingerprint density at radius 3 is 2.58 bits per heavy atom. The number of carbonyl (C=O) groups excluding carboxylic acids is 2. The van der Waals surface area contributed by atoms with Crippen LogP contribution in [0.25, 0.3) is 0 Å². The number of hydrogen-bond acceptors (Lipinski definition) is 3. The van der Waals surface area contributed by atoms with Gasteiger partial charge in [-0.05, 0) is 45.6 Å². The largest absolute Gasteiger partial charge is 0.279 e. The molecule has 4 nitrogen and oxygen atoms in total. The molecule has 0 aliphatic carbocycles. The van der Waals surface area contributed by atoms with Gasteiger partial charge in [0.25, 0.3) is 11.8 Å². The summed E-state index contributed by atoms with van der Waals surface area (Å²) in [7, 11) is 0. The lowest BCUT2D eigenvalue weighted by Gasteiger charge is -2.07. The SMILES string of the molecule is O=C(NNC(=O)c1cc(F)ccc1Br)c1cccs1. The molecule has 0 unspecified atom stereocenters. The van der Waals surface area contributed by atoms with Gasteiger partial charge in [-0.2, -0.15) is 0 Å². The highest BCUT2D eigenvalue weighted by molar-refractivity contribution is 9.10. The maximum Gasteiger partial charge on any atom is 0.279 e. The number of benzene rings is 1. The predicted octanol–water partition coefficient (Wildman–Crippen LogP) is 2.72. The molecule has 2 amide bonds. The minimum Gasteiger partial charge on any atom is -0.267 e. The number of halogens is 2. The Kier molecular flexibility index (Phi) is 4.28. The summed E-state index contributed by atoms with van der Waals surface area (Å²) in [5.74, 6) is -1.55. The van der Waals surface area contributed by atoms with Crippen molar-refractivity contribution in [2.45, 2.75) is 0 Å². The summed E-state index contributed by atoms with van der Waals surface area (Å²) in [5.41, 5.74) is 4.59. The number of amides is 2. The zero-order valence-corrected chi connectivity index (χ0v) is 11.8. The molecule has 1 heterocycles. The van der Waals surface area contributed by atoms with Crippen LogP contribution in [0.15, 0.2) is 40.2 Å². The fraction of sp³-hybridized carbons (Fsp3) is 0. The topological polar surface area (TPSA) is 58.2 Å². The molecule has 19 heavy (non-hydrogen) atoms. The summed E-state index contributed by atoms with van der Waals surface area (Å²) in [6, 6.07) is 7.09. The monoisotopic (exact) mass is 342 g/mol. The van der Waals surface area contributed by atoms with Gasteiger partial charge in [0.1, 0.15) is 5.82 Å². The van der Waals surface area contributed by atoms with Gasteiger partial charge in [0.2, 0.25) is 0 Å². The van der Waals surface area contributed by atoms with Crippen LogP contribution in [0.2, 0.25) is 0 Å². The van der Waals surface area contributed by atoms with Crippen LogP contribution in [-0.4, -0.2) is 11.8 Å². The summed E-state index contributed by atoms with van der Waals surface area (Å²) in [6.45, 7) is 0. The van der Waals surface area contributed by atoms with E-state index in [1.807, 2.05) is 0 Å². The van der Waals surface area contributed by atoms with Crippen LogP contribution in [0.3, 0.4) is 0 Å². The molecule has 0 spiro atoms. The lowest BCUT2D eigenvalue weighted by Crippen LogP contribution is -2.41. The first kappa shape index (κ1) is 13.7. The van der Waals surface area contributed by atoms with Crippen LogP contribution in [0.5, 0.6) is 0 Å². The first-order valence-corrected chi connectivity index (χ1v) is 6.84. The van der Waals surface area contributed by atoms with E-state index in [1.165, 1.54) is 23.5 Å². The lowest BCUT2D eigenvalue weighted by atomic mass is 10.2. The van der Waals surface area contributed by atoms with Crippen LogP contribution in [0.4, 0.5) is 4.39 Å². The van der Waals surface area contributed by atoms with E-state index in [4.69, 9.17) is 0 Å². The molecule has 0 aliphatic rings. The molecule has 98 valence electrons. The van der Waals surface area contributed by atoms with Gasteiger partial charge in [0.05, 0.1) is 10.4 Å². The molecule has 0 atom stereocenters. The zero-order valence-electron chi connectivity index (χ0n) is 9.44. The third-order valence-electron chi connectivity index (χ3n) is 2.21. The molecule has 2 aromatic rings. The van der Waals surface area contributed by atoms with Gasteiger partial charge in [-0.1, -0.05) is 6.07 Å². The number of carbonyl (C=O) groups is 2. The Labute approximate surface area is 120 Å². The molecule has 1 aromatic carbocycles. The van der Waals surface area contributed by atoms with Gasteiger partial charge >= 0.3 is 0 Å². The van der Waals surface area contributed by atoms with E-state index in [-0.39, 0.29) is 5.56 Å².